The monoisotopic (exact) mass is 527 g/mol. The average molecular weight is 528 g/mol. The second-order valence-electron chi connectivity index (χ2n) is 8.40. The number of pyridine rings is 1. The van der Waals surface area contributed by atoms with Crippen LogP contribution >= 0.6 is 11.6 Å². The second kappa shape index (κ2) is 11.4. The highest BCUT2D eigenvalue weighted by molar-refractivity contribution is 6.30. The highest BCUT2D eigenvalue weighted by Gasteiger charge is 2.31. The Kier molecular flexibility index (Phi) is 8.03. The molecule has 2 heterocycles. The van der Waals surface area contributed by atoms with E-state index in [9.17, 15) is 23.2 Å². The zero-order chi connectivity index (χ0) is 26.5. The Morgan fingerprint density at radius 2 is 1.89 bits per heavy atom. The molecule has 0 radical (unpaired) electrons. The third-order valence-electron chi connectivity index (χ3n) is 5.97. The summed E-state index contributed by atoms with van der Waals surface area (Å²) in [5, 5.41) is 1.78. The van der Waals surface area contributed by atoms with Gasteiger partial charge in [-0.3, -0.25) is 14.4 Å². The predicted molar refractivity (Wildman–Crippen MR) is 135 cm³/mol. The molecule has 1 N–H and O–H groups in total. The van der Waals surface area contributed by atoms with E-state index in [1.54, 1.807) is 23.1 Å². The first-order valence-electron chi connectivity index (χ1n) is 11.6. The normalized spacial score (nSPS) is 12.7. The van der Waals surface area contributed by atoms with Crippen molar-refractivity contribution in [2.75, 3.05) is 13.1 Å². The molecule has 10 heteroatoms. The summed E-state index contributed by atoms with van der Waals surface area (Å²) in [6.07, 6.45) is 3.59. The van der Waals surface area contributed by atoms with E-state index < -0.39 is 28.0 Å². The minimum atomic E-state index is -0.999. The van der Waals surface area contributed by atoms with Gasteiger partial charge in [-0.1, -0.05) is 54.1 Å². The molecule has 0 spiro atoms. The first kappa shape index (κ1) is 26.1. The lowest BCUT2D eigenvalue weighted by Gasteiger charge is -2.31. The third-order valence-corrected chi connectivity index (χ3v) is 6.31. The molecule has 1 aliphatic heterocycles. The number of nitrogens with zero attached hydrogens (tertiary/aromatic N) is 2. The average Bonchev–Trinajstić information content (AvgIpc) is 2.90. The number of carbonyl (C=O) groups excluding carboxylic acids is 2. The number of rotatable bonds is 9. The summed E-state index contributed by atoms with van der Waals surface area (Å²) in [6, 6.07) is 11.2. The molecule has 4 rings (SSSR count). The van der Waals surface area contributed by atoms with E-state index in [2.05, 4.69) is 11.9 Å². The van der Waals surface area contributed by atoms with Gasteiger partial charge in [0.1, 0.15) is 28.8 Å². The van der Waals surface area contributed by atoms with Crippen LogP contribution in [-0.2, 0) is 19.7 Å². The molecule has 0 atom stereocenters. The van der Waals surface area contributed by atoms with Crippen molar-refractivity contribution in [2.45, 2.75) is 26.1 Å². The second-order valence-corrected chi connectivity index (χ2v) is 8.78. The first-order valence-corrected chi connectivity index (χ1v) is 11.9. The van der Waals surface area contributed by atoms with Crippen molar-refractivity contribution in [1.29, 1.82) is 0 Å². The van der Waals surface area contributed by atoms with Gasteiger partial charge < -0.3 is 19.5 Å². The topological polar surface area (TPSA) is 80.6 Å². The van der Waals surface area contributed by atoms with Crippen molar-refractivity contribution in [3.63, 3.8) is 0 Å². The maximum absolute atomic E-state index is 14.3. The lowest BCUT2D eigenvalue weighted by molar-refractivity contribution is 0.0695. The molecule has 0 unspecified atom stereocenters. The van der Waals surface area contributed by atoms with Crippen molar-refractivity contribution >= 4 is 23.4 Å². The van der Waals surface area contributed by atoms with Gasteiger partial charge >= 0.3 is 0 Å². The van der Waals surface area contributed by atoms with Crippen LogP contribution in [0, 0.1) is 11.6 Å². The van der Waals surface area contributed by atoms with E-state index in [0.717, 1.165) is 17.7 Å². The smallest absolute Gasteiger partial charge is 0.274 e. The SMILES string of the molecule is C=CCCN1CCn2cc(C(=O)NCc3ccc(F)c(Cl)c3F)c(=O)c(OCc3ccccc3)c2C1=O. The molecule has 37 heavy (non-hydrogen) atoms. The summed E-state index contributed by atoms with van der Waals surface area (Å²) < 4.78 is 35.1. The molecule has 0 saturated carbocycles. The molecule has 1 aliphatic rings. The summed E-state index contributed by atoms with van der Waals surface area (Å²) in [5.41, 5.74) is -0.259. The molecule has 2 aromatic carbocycles. The van der Waals surface area contributed by atoms with Crippen LogP contribution in [0.2, 0.25) is 5.02 Å². The number of fused-ring (bicyclic) bond motifs is 1. The number of hydrogen-bond acceptors (Lipinski definition) is 4. The van der Waals surface area contributed by atoms with Gasteiger partial charge in [-0.2, -0.15) is 0 Å². The van der Waals surface area contributed by atoms with Crippen LogP contribution in [0.4, 0.5) is 8.78 Å². The van der Waals surface area contributed by atoms with Crippen LogP contribution in [0.15, 0.2) is 66.1 Å². The van der Waals surface area contributed by atoms with Crippen LogP contribution in [0.1, 0.15) is 38.4 Å². The van der Waals surface area contributed by atoms with Crippen molar-refractivity contribution in [3.8, 4) is 5.75 Å². The summed E-state index contributed by atoms with van der Waals surface area (Å²) in [7, 11) is 0. The predicted octanol–water partition coefficient (Wildman–Crippen LogP) is 4.32. The number of aromatic nitrogens is 1. The maximum Gasteiger partial charge on any atom is 0.274 e. The lowest BCUT2D eigenvalue weighted by atomic mass is 10.1. The quantitative estimate of drug-likeness (QED) is 0.332. The Labute approximate surface area is 216 Å². The number of benzene rings is 2. The number of ether oxygens (including phenoxy) is 1. The molecule has 7 nitrogen and oxygen atoms in total. The first-order chi connectivity index (χ1) is 17.8. The number of halogens is 3. The summed E-state index contributed by atoms with van der Waals surface area (Å²) in [6.45, 7) is 4.50. The van der Waals surface area contributed by atoms with Crippen molar-refractivity contribution < 1.29 is 23.1 Å². The molecular formula is C27H24ClF2N3O4. The maximum atomic E-state index is 14.3. The van der Waals surface area contributed by atoms with E-state index in [4.69, 9.17) is 16.3 Å². The van der Waals surface area contributed by atoms with Gasteiger partial charge in [-0.25, -0.2) is 8.78 Å². The number of hydrogen-bond donors (Lipinski definition) is 1. The number of nitrogens with one attached hydrogen (secondary N) is 1. The summed E-state index contributed by atoms with van der Waals surface area (Å²) in [5.74, 6) is -3.34. The van der Waals surface area contributed by atoms with Crippen molar-refractivity contribution in [1.82, 2.24) is 14.8 Å². The molecule has 0 bridgehead atoms. The van der Waals surface area contributed by atoms with Crippen LogP contribution in [-0.4, -0.2) is 34.4 Å². The summed E-state index contributed by atoms with van der Waals surface area (Å²) in [4.78, 5) is 41.3. The fraction of sp³-hybridized carbons (Fsp3) is 0.222. The van der Waals surface area contributed by atoms with E-state index in [0.29, 0.717) is 26.1 Å². The fourth-order valence-corrected chi connectivity index (χ4v) is 4.16. The zero-order valence-corrected chi connectivity index (χ0v) is 20.6. The van der Waals surface area contributed by atoms with E-state index in [-0.39, 0.29) is 41.6 Å². The highest BCUT2D eigenvalue weighted by atomic mass is 35.5. The Balaban J connectivity index is 1.67. The van der Waals surface area contributed by atoms with Gasteiger partial charge in [0, 0.05) is 37.9 Å². The zero-order valence-electron chi connectivity index (χ0n) is 19.8. The molecule has 0 saturated heterocycles. The molecule has 2 amide bonds. The molecule has 3 aromatic rings. The van der Waals surface area contributed by atoms with Crippen LogP contribution in [0.25, 0.3) is 0 Å². The van der Waals surface area contributed by atoms with Gasteiger partial charge in [0.05, 0.1) is 0 Å². The molecule has 1 aromatic heterocycles. The van der Waals surface area contributed by atoms with Gasteiger partial charge in [0.15, 0.2) is 11.4 Å². The van der Waals surface area contributed by atoms with Gasteiger partial charge in [-0.05, 0) is 18.1 Å². The minimum Gasteiger partial charge on any atom is -0.483 e. The largest absolute Gasteiger partial charge is 0.483 e. The van der Waals surface area contributed by atoms with Crippen LogP contribution in [0.5, 0.6) is 5.75 Å². The van der Waals surface area contributed by atoms with Gasteiger partial charge in [0.25, 0.3) is 11.8 Å². The summed E-state index contributed by atoms with van der Waals surface area (Å²) >= 11 is 5.61. The Morgan fingerprint density at radius 1 is 1.14 bits per heavy atom. The van der Waals surface area contributed by atoms with E-state index >= 15 is 0 Å². The highest BCUT2D eigenvalue weighted by Crippen LogP contribution is 2.24. The number of amides is 2. The molecule has 0 fully saturated rings. The molecule has 192 valence electrons. The van der Waals surface area contributed by atoms with Gasteiger partial charge in [-0.15, -0.1) is 6.58 Å². The number of carbonyl (C=O) groups is 2. The standard InChI is InChI=1S/C27H24ClF2N3O4/c1-2-3-11-32-12-13-33-15-19(26(35)31-14-18-9-10-20(29)21(28)22(18)30)24(34)25(23(33)27(32)36)37-16-17-7-5-4-6-8-17/h2,4-10,15H,1,3,11-14,16H2,(H,31,35). The van der Waals surface area contributed by atoms with Crippen molar-refractivity contribution in [3.05, 3.63) is 111 Å². The Morgan fingerprint density at radius 3 is 2.62 bits per heavy atom. The van der Waals surface area contributed by atoms with Crippen molar-refractivity contribution in [2.24, 2.45) is 0 Å². The van der Waals surface area contributed by atoms with Crippen LogP contribution in [0.3, 0.4) is 0 Å². The third kappa shape index (κ3) is 5.56. The molecular weight excluding hydrogens is 504 g/mol. The molecule has 0 aliphatic carbocycles. The van der Waals surface area contributed by atoms with E-state index in [1.165, 1.54) is 10.8 Å². The Hall–Kier alpha value is -3.98. The van der Waals surface area contributed by atoms with Crippen LogP contribution < -0.4 is 15.5 Å². The fourth-order valence-electron chi connectivity index (χ4n) is 3.97. The minimum absolute atomic E-state index is 0.00732. The van der Waals surface area contributed by atoms with Gasteiger partial charge in [0.2, 0.25) is 5.43 Å². The van der Waals surface area contributed by atoms with E-state index in [1.807, 2.05) is 18.2 Å². The lowest BCUT2D eigenvalue weighted by Crippen LogP contribution is -2.43. The Bertz CT molecular complexity index is 1410.